The van der Waals surface area contributed by atoms with Crippen LogP contribution in [0.2, 0.25) is 0 Å². The molecule has 0 spiro atoms. The Balaban J connectivity index is 0.00000384. The van der Waals surface area contributed by atoms with E-state index >= 15 is 0 Å². The van der Waals surface area contributed by atoms with E-state index in [4.69, 9.17) is 4.84 Å². The number of allylic oxidation sites excluding steroid dienone is 1. The number of benzene rings is 2. The van der Waals surface area contributed by atoms with Gasteiger partial charge in [-0.15, -0.1) is 5.06 Å². The molecule has 3 aliphatic heterocycles. The molecule has 0 bridgehead atoms. The van der Waals surface area contributed by atoms with E-state index in [1.165, 1.54) is 12.1 Å². The van der Waals surface area contributed by atoms with Crippen LogP contribution < -0.4 is 29.6 Å². The maximum Gasteiger partial charge on any atom is 1.00 e. The molecular weight excluding hydrogens is 601 g/mol. The second-order valence-electron chi connectivity index (χ2n) is 11.9. The third-order valence-corrected chi connectivity index (χ3v) is 9.83. The molecule has 224 valence electrons. The molecule has 1 aliphatic carbocycles. The zero-order valence-electron chi connectivity index (χ0n) is 24.8. The molecule has 2 aromatic rings. The van der Waals surface area contributed by atoms with Crippen LogP contribution in [0.4, 0.5) is 5.69 Å². The number of Topliss-reactive ketones (excluding diaryl/α,β-unsaturated/α-hetero) is 2. The Hall–Kier alpha value is -3.07. The summed E-state index contributed by atoms with van der Waals surface area (Å²) in [5.41, 5.74) is 1.95. The van der Waals surface area contributed by atoms with Crippen LogP contribution in [0, 0.1) is 5.92 Å². The SMILES string of the molecule is C[N+]1=C(C=C2C(=O)C(N3CCC(C(=O)ON4C(=O)CCC4=O)CC3)C2=O)C(C)(C)c2c1ccc1cc(S(=O)(=O)O)ccc21.[Na+]. The maximum atomic E-state index is 13.3. The summed E-state index contributed by atoms with van der Waals surface area (Å²) in [5, 5.41) is 1.95. The van der Waals surface area contributed by atoms with E-state index in [2.05, 4.69) is 0 Å². The number of piperidine rings is 1. The number of fused-ring (bicyclic) bond motifs is 3. The number of rotatable bonds is 5. The number of carbonyl (C=O) groups excluding carboxylic acids is 5. The first-order chi connectivity index (χ1) is 20.2. The molecule has 14 heteroatoms. The molecule has 3 fully saturated rings. The van der Waals surface area contributed by atoms with Gasteiger partial charge >= 0.3 is 35.5 Å². The van der Waals surface area contributed by atoms with Crippen LogP contribution >= 0.6 is 0 Å². The third-order valence-electron chi connectivity index (χ3n) is 8.98. The zero-order chi connectivity index (χ0) is 31.0. The van der Waals surface area contributed by atoms with Crippen molar-refractivity contribution in [3.05, 3.63) is 47.5 Å². The van der Waals surface area contributed by atoms with Gasteiger partial charge in [0.1, 0.15) is 13.1 Å². The van der Waals surface area contributed by atoms with Gasteiger partial charge in [0.25, 0.3) is 21.9 Å². The number of ketones is 2. The number of hydrogen-bond acceptors (Lipinski definition) is 9. The Bertz CT molecular complexity index is 1800. The number of imide groups is 1. The van der Waals surface area contributed by atoms with Crippen LogP contribution in [0.25, 0.3) is 10.8 Å². The third kappa shape index (κ3) is 5.19. The smallest absolute Gasteiger partial charge is 0.330 e. The molecule has 0 unspecified atom stereocenters. The largest absolute Gasteiger partial charge is 1.00 e. The number of carbonyl (C=O) groups is 5. The maximum absolute atomic E-state index is 13.3. The number of hydroxylamine groups is 2. The summed E-state index contributed by atoms with van der Waals surface area (Å²) in [6, 6.07) is 7.09. The summed E-state index contributed by atoms with van der Waals surface area (Å²) in [6.45, 7) is 4.55. The van der Waals surface area contributed by atoms with Crippen molar-refractivity contribution in [2.24, 2.45) is 5.92 Å². The number of likely N-dealkylation sites (tertiary alicyclic amines) is 1. The fourth-order valence-corrected chi connectivity index (χ4v) is 7.15. The van der Waals surface area contributed by atoms with Gasteiger partial charge in [0.05, 0.1) is 21.8 Å². The van der Waals surface area contributed by atoms with Crippen LogP contribution in [-0.2, 0) is 44.3 Å². The topological polar surface area (TPSA) is 158 Å². The van der Waals surface area contributed by atoms with Crippen molar-refractivity contribution in [1.29, 1.82) is 0 Å². The molecule has 44 heavy (non-hydrogen) atoms. The summed E-state index contributed by atoms with van der Waals surface area (Å²) < 4.78 is 34.7. The van der Waals surface area contributed by atoms with Crippen molar-refractivity contribution < 1.29 is 75.9 Å². The Kier molecular flexibility index (Phi) is 8.36. The van der Waals surface area contributed by atoms with Gasteiger partial charge in [0.2, 0.25) is 5.69 Å². The molecule has 1 N–H and O–H groups in total. The van der Waals surface area contributed by atoms with E-state index in [-0.39, 0.29) is 64.4 Å². The first kappa shape index (κ1) is 32.3. The Morgan fingerprint density at radius 2 is 1.64 bits per heavy atom. The normalized spacial score (nSPS) is 22.3. The molecule has 3 heterocycles. The molecule has 2 saturated heterocycles. The zero-order valence-corrected chi connectivity index (χ0v) is 27.6. The van der Waals surface area contributed by atoms with Crippen molar-refractivity contribution >= 4 is 61.6 Å². The van der Waals surface area contributed by atoms with E-state index in [9.17, 15) is 36.9 Å². The fourth-order valence-electron chi connectivity index (χ4n) is 6.63. The van der Waals surface area contributed by atoms with Crippen LogP contribution in [0.5, 0.6) is 0 Å². The van der Waals surface area contributed by atoms with Gasteiger partial charge in [-0.05, 0) is 55.7 Å². The summed E-state index contributed by atoms with van der Waals surface area (Å²) >= 11 is 0. The van der Waals surface area contributed by atoms with Crippen LogP contribution in [0.1, 0.15) is 45.1 Å². The second kappa shape index (κ2) is 11.4. The quantitative estimate of drug-likeness (QED) is 0.0814. The average molecular weight is 632 g/mol. The number of amides is 2. The molecule has 0 atom stereocenters. The van der Waals surface area contributed by atoms with Crippen LogP contribution in [0.15, 0.2) is 46.9 Å². The van der Waals surface area contributed by atoms with E-state index in [1.54, 1.807) is 23.1 Å². The molecule has 2 aromatic carbocycles. The molecule has 2 amide bonds. The van der Waals surface area contributed by atoms with Crippen molar-refractivity contribution in [1.82, 2.24) is 9.96 Å². The van der Waals surface area contributed by atoms with Gasteiger partial charge in [0.15, 0.2) is 17.3 Å². The average Bonchev–Trinajstić information content (AvgIpc) is 3.37. The second-order valence-corrected chi connectivity index (χ2v) is 13.3. The van der Waals surface area contributed by atoms with Gasteiger partial charge in [-0.2, -0.15) is 13.0 Å². The minimum absolute atomic E-state index is 0. The monoisotopic (exact) mass is 631 g/mol. The molecule has 1 saturated carbocycles. The van der Waals surface area contributed by atoms with Crippen molar-refractivity contribution in [3.8, 4) is 0 Å². The molecule has 0 aromatic heterocycles. The molecule has 12 nitrogen and oxygen atoms in total. The minimum Gasteiger partial charge on any atom is -0.330 e. The summed E-state index contributed by atoms with van der Waals surface area (Å²) in [7, 11) is -2.52. The Morgan fingerprint density at radius 1 is 1.02 bits per heavy atom. The molecular formula is C30H30N3NaO9S+2. The van der Waals surface area contributed by atoms with Crippen LogP contribution in [0.3, 0.4) is 0 Å². The standard InChI is InChI=1S/C30H29N3O9S.Na/c1-30(2)22(31(3)21-7-4-17-14-18(43(39,40)41)5-6-19(17)25(21)30)15-20-27(36)26(28(20)37)32-12-10-16(11-13-32)29(38)42-33-23(34)8-9-24(33)35;/h4-7,14-16,26H,8-13H2,1-3H3;/q;+1/p+1. The van der Waals surface area contributed by atoms with Gasteiger partial charge in [0, 0.05) is 43.6 Å². The van der Waals surface area contributed by atoms with Crippen molar-refractivity contribution in [3.63, 3.8) is 0 Å². The first-order valence-electron chi connectivity index (χ1n) is 14.0. The predicted molar refractivity (Wildman–Crippen MR) is 151 cm³/mol. The molecule has 4 aliphatic rings. The van der Waals surface area contributed by atoms with Gasteiger partial charge in [-0.25, -0.2) is 4.79 Å². The van der Waals surface area contributed by atoms with E-state index in [0.29, 0.717) is 36.4 Å². The minimum atomic E-state index is -4.37. The fraction of sp³-hybridized carbons (Fsp3) is 0.400. The van der Waals surface area contributed by atoms with E-state index in [1.807, 2.05) is 31.5 Å². The van der Waals surface area contributed by atoms with E-state index < -0.39 is 45.3 Å². The van der Waals surface area contributed by atoms with Crippen molar-refractivity contribution in [2.75, 3.05) is 20.1 Å². The summed E-state index contributed by atoms with van der Waals surface area (Å²) in [4.78, 5) is 69.2. The summed E-state index contributed by atoms with van der Waals surface area (Å²) in [6.07, 6.45) is 2.30. The molecule has 6 rings (SSSR count). The Labute approximate surface area is 275 Å². The number of hydrogen-bond donors (Lipinski definition) is 1. The first-order valence-corrected chi connectivity index (χ1v) is 15.4. The van der Waals surface area contributed by atoms with Gasteiger partial charge in [-0.1, -0.05) is 6.07 Å². The number of nitrogens with zero attached hydrogens (tertiary/aromatic N) is 3. The summed E-state index contributed by atoms with van der Waals surface area (Å²) in [5.74, 6) is -2.90. The van der Waals surface area contributed by atoms with Crippen molar-refractivity contribution in [2.45, 2.75) is 55.9 Å². The predicted octanol–water partition coefficient (Wildman–Crippen LogP) is -1.14. The van der Waals surface area contributed by atoms with E-state index in [0.717, 1.165) is 22.3 Å². The van der Waals surface area contributed by atoms with Gasteiger partial charge < -0.3 is 4.84 Å². The molecule has 0 radical (unpaired) electrons. The Morgan fingerprint density at radius 3 is 2.23 bits per heavy atom. The van der Waals surface area contributed by atoms with Gasteiger partial charge in [-0.3, -0.25) is 28.6 Å². The van der Waals surface area contributed by atoms with Crippen LogP contribution in [-0.4, -0.2) is 88.8 Å².